The second-order valence-electron chi connectivity index (χ2n) is 5.99. The second-order valence-corrected chi connectivity index (χ2v) is 7.88. The van der Waals surface area contributed by atoms with E-state index in [1.165, 1.54) is 19.2 Å². The molecule has 3 N–H and O–H groups in total. The Hall–Kier alpha value is -2.71. The Morgan fingerprint density at radius 1 is 0.889 bits per heavy atom. The molecule has 0 saturated heterocycles. The van der Waals surface area contributed by atoms with Crippen molar-refractivity contribution in [3.8, 4) is 0 Å². The fraction of sp³-hybridized carbons (Fsp3) is 0.263. The van der Waals surface area contributed by atoms with Crippen molar-refractivity contribution in [3.63, 3.8) is 0 Å². The average Bonchev–Trinajstić information content (AvgIpc) is 2.66. The number of carbonyl (C=O) groups excluding carboxylic acids is 1. The zero-order chi connectivity index (χ0) is 19.9. The van der Waals surface area contributed by atoms with Gasteiger partial charge in [0.1, 0.15) is 0 Å². The number of aliphatic carboxylic acids is 1. The van der Waals surface area contributed by atoms with Gasteiger partial charge in [0.05, 0.1) is 4.90 Å². The summed E-state index contributed by atoms with van der Waals surface area (Å²) in [6.07, 6.45) is 1.27. The van der Waals surface area contributed by atoms with Crippen LogP contribution in [-0.4, -0.2) is 32.4 Å². The molecule has 0 spiro atoms. The lowest BCUT2D eigenvalue weighted by atomic mass is 10.1. The minimum absolute atomic E-state index is 0.0696. The minimum Gasteiger partial charge on any atom is -0.481 e. The van der Waals surface area contributed by atoms with Gasteiger partial charge < -0.3 is 10.4 Å². The number of sulfonamides is 1. The normalized spacial score (nSPS) is 11.1. The van der Waals surface area contributed by atoms with E-state index in [1.54, 1.807) is 36.4 Å². The highest BCUT2D eigenvalue weighted by molar-refractivity contribution is 7.89. The molecule has 0 atom stereocenters. The first-order valence-corrected chi connectivity index (χ1v) is 9.91. The van der Waals surface area contributed by atoms with Gasteiger partial charge in [0.2, 0.25) is 15.9 Å². The maximum atomic E-state index is 12.1. The Labute approximate surface area is 158 Å². The number of carbonyl (C=O) groups is 2. The summed E-state index contributed by atoms with van der Waals surface area (Å²) in [5.41, 5.74) is 2.41. The standard InChI is InChI=1S/C19H22N2O5S/c1-20-27(25,26)17-10-4-15(5-11-17)6-12-18(22)21-16-8-2-14(3-9-16)7-13-19(23)24/h2-5,8-11,20H,6-7,12-13H2,1H3,(H,21,22)(H,23,24). The molecule has 2 rings (SSSR count). The smallest absolute Gasteiger partial charge is 0.303 e. The number of carboxylic acid groups (broad SMARTS) is 1. The third-order valence-electron chi connectivity index (χ3n) is 4.01. The van der Waals surface area contributed by atoms with E-state index in [0.717, 1.165) is 11.1 Å². The monoisotopic (exact) mass is 390 g/mol. The Bertz CT molecular complexity index is 891. The van der Waals surface area contributed by atoms with E-state index in [2.05, 4.69) is 10.0 Å². The zero-order valence-electron chi connectivity index (χ0n) is 14.9. The van der Waals surface area contributed by atoms with Crippen LogP contribution < -0.4 is 10.0 Å². The van der Waals surface area contributed by atoms with Crippen molar-refractivity contribution < 1.29 is 23.1 Å². The third-order valence-corrected chi connectivity index (χ3v) is 5.44. The summed E-state index contributed by atoms with van der Waals surface area (Å²) < 4.78 is 25.6. The molecule has 0 bridgehead atoms. The topological polar surface area (TPSA) is 113 Å². The maximum Gasteiger partial charge on any atom is 0.303 e. The molecule has 0 aliphatic carbocycles. The number of rotatable bonds is 9. The first kappa shape index (κ1) is 20.6. The number of hydrogen-bond donors (Lipinski definition) is 3. The van der Waals surface area contributed by atoms with E-state index in [0.29, 0.717) is 18.5 Å². The van der Waals surface area contributed by atoms with Crippen LogP contribution in [0.4, 0.5) is 5.69 Å². The molecule has 0 heterocycles. The molecule has 0 aliphatic heterocycles. The lowest BCUT2D eigenvalue weighted by Crippen LogP contribution is -2.18. The number of aryl methyl sites for hydroxylation is 2. The van der Waals surface area contributed by atoms with Crippen molar-refractivity contribution in [3.05, 3.63) is 59.7 Å². The van der Waals surface area contributed by atoms with Crippen LogP contribution in [0.5, 0.6) is 0 Å². The van der Waals surface area contributed by atoms with Crippen LogP contribution in [-0.2, 0) is 32.5 Å². The van der Waals surface area contributed by atoms with E-state index in [4.69, 9.17) is 5.11 Å². The first-order chi connectivity index (χ1) is 12.8. The molecular formula is C19H22N2O5S. The van der Waals surface area contributed by atoms with Crippen molar-refractivity contribution in [2.45, 2.75) is 30.6 Å². The number of hydrogen-bond acceptors (Lipinski definition) is 4. The molecular weight excluding hydrogens is 368 g/mol. The molecule has 0 unspecified atom stereocenters. The zero-order valence-corrected chi connectivity index (χ0v) is 15.8. The summed E-state index contributed by atoms with van der Waals surface area (Å²) in [7, 11) is -2.11. The molecule has 2 aromatic carbocycles. The van der Waals surface area contributed by atoms with E-state index in [1.807, 2.05) is 0 Å². The maximum absolute atomic E-state index is 12.1. The van der Waals surface area contributed by atoms with Gasteiger partial charge in [-0.25, -0.2) is 13.1 Å². The van der Waals surface area contributed by atoms with Gasteiger partial charge in [-0.1, -0.05) is 24.3 Å². The average molecular weight is 390 g/mol. The molecule has 0 aliphatic rings. The SMILES string of the molecule is CNS(=O)(=O)c1ccc(CCC(=O)Nc2ccc(CCC(=O)O)cc2)cc1. The molecule has 0 radical (unpaired) electrons. The number of benzene rings is 2. The Morgan fingerprint density at radius 2 is 1.41 bits per heavy atom. The molecule has 0 saturated carbocycles. The fourth-order valence-corrected chi connectivity index (χ4v) is 3.17. The summed E-state index contributed by atoms with van der Waals surface area (Å²) in [6.45, 7) is 0. The number of anilines is 1. The van der Waals surface area contributed by atoms with Crippen molar-refractivity contribution in [2.24, 2.45) is 0 Å². The predicted octanol–water partition coefficient (Wildman–Crippen LogP) is 2.18. The van der Waals surface area contributed by atoms with Crippen molar-refractivity contribution >= 4 is 27.6 Å². The lowest BCUT2D eigenvalue weighted by Gasteiger charge is -2.07. The largest absolute Gasteiger partial charge is 0.481 e. The molecule has 8 heteroatoms. The molecule has 0 aromatic heterocycles. The highest BCUT2D eigenvalue weighted by Crippen LogP contribution is 2.14. The molecule has 0 fully saturated rings. The highest BCUT2D eigenvalue weighted by atomic mass is 32.2. The van der Waals surface area contributed by atoms with Crippen LogP contribution >= 0.6 is 0 Å². The van der Waals surface area contributed by atoms with Gasteiger partial charge >= 0.3 is 5.97 Å². The van der Waals surface area contributed by atoms with Crippen molar-refractivity contribution in [1.29, 1.82) is 0 Å². The molecule has 144 valence electrons. The molecule has 27 heavy (non-hydrogen) atoms. The van der Waals surface area contributed by atoms with E-state index in [9.17, 15) is 18.0 Å². The minimum atomic E-state index is -3.46. The highest BCUT2D eigenvalue weighted by Gasteiger charge is 2.11. The van der Waals surface area contributed by atoms with Gasteiger partial charge in [0.15, 0.2) is 0 Å². The van der Waals surface area contributed by atoms with E-state index in [-0.39, 0.29) is 23.6 Å². The first-order valence-electron chi connectivity index (χ1n) is 8.43. The van der Waals surface area contributed by atoms with Crippen molar-refractivity contribution in [2.75, 3.05) is 12.4 Å². The predicted molar refractivity (Wildman–Crippen MR) is 102 cm³/mol. The summed E-state index contributed by atoms with van der Waals surface area (Å²) in [5, 5.41) is 11.5. The number of nitrogens with one attached hydrogen (secondary N) is 2. The molecule has 1 amide bonds. The Balaban J connectivity index is 1.84. The van der Waals surface area contributed by atoms with Crippen molar-refractivity contribution in [1.82, 2.24) is 4.72 Å². The van der Waals surface area contributed by atoms with Gasteiger partial charge in [-0.05, 0) is 55.3 Å². The lowest BCUT2D eigenvalue weighted by molar-refractivity contribution is -0.137. The van der Waals surface area contributed by atoms with Crippen LogP contribution in [0.1, 0.15) is 24.0 Å². The summed E-state index contributed by atoms with van der Waals surface area (Å²) >= 11 is 0. The van der Waals surface area contributed by atoms with E-state index >= 15 is 0 Å². The number of carboxylic acids is 1. The quantitative estimate of drug-likeness (QED) is 0.607. The van der Waals surface area contributed by atoms with Crippen LogP contribution in [0, 0.1) is 0 Å². The third kappa shape index (κ3) is 6.50. The summed E-state index contributed by atoms with van der Waals surface area (Å²) in [5.74, 6) is -0.996. The number of amides is 1. The van der Waals surface area contributed by atoms with Gasteiger partial charge in [0.25, 0.3) is 0 Å². The van der Waals surface area contributed by atoms with Crippen LogP contribution in [0.2, 0.25) is 0 Å². The Kier molecular flexibility index (Phi) is 7.09. The fourth-order valence-electron chi connectivity index (χ4n) is 2.44. The van der Waals surface area contributed by atoms with Gasteiger partial charge in [-0.3, -0.25) is 9.59 Å². The van der Waals surface area contributed by atoms with Crippen LogP contribution in [0.3, 0.4) is 0 Å². The summed E-state index contributed by atoms with van der Waals surface area (Å²) in [6, 6.07) is 13.5. The van der Waals surface area contributed by atoms with Gasteiger partial charge in [-0.15, -0.1) is 0 Å². The molecule has 7 nitrogen and oxygen atoms in total. The second kappa shape index (κ2) is 9.29. The van der Waals surface area contributed by atoms with Gasteiger partial charge in [-0.2, -0.15) is 0 Å². The Morgan fingerprint density at radius 3 is 1.93 bits per heavy atom. The molecule has 2 aromatic rings. The van der Waals surface area contributed by atoms with E-state index < -0.39 is 16.0 Å². The van der Waals surface area contributed by atoms with Crippen LogP contribution in [0.25, 0.3) is 0 Å². The van der Waals surface area contributed by atoms with Crippen LogP contribution in [0.15, 0.2) is 53.4 Å². The summed E-state index contributed by atoms with van der Waals surface area (Å²) in [4.78, 5) is 22.8. The van der Waals surface area contributed by atoms with Gasteiger partial charge in [0, 0.05) is 18.5 Å².